The molecule has 9 heteroatoms. The van der Waals surface area contributed by atoms with Crippen molar-refractivity contribution in [2.24, 2.45) is 0 Å². The van der Waals surface area contributed by atoms with Crippen molar-refractivity contribution in [3.05, 3.63) is 46.0 Å². The molecule has 3 aromatic rings. The number of imidazole rings is 1. The molecule has 2 heterocycles. The smallest absolute Gasteiger partial charge is 0.244 e. The van der Waals surface area contributed by atoms with Crippen molar-refractivity contribution in [1.29, 1.82) is 0 Å². The van der Waals surface area contributed by atoms with E-state index in [2.05, 4.69) is 37.1 Å². The van der Waals surface area contributed by atoms with Gasteiger partial charge in [0.25, 0.3) is 0 Å². The molecule has 0 atom stereocenters. The number of hydrazine groups is 1. The highest BCUT2D eigenvalue weighted by Gasteiger charge is 2.12. The fourth-order valence-corrected chi connectivity index (χ4v) is 3.59. The fourth-order valence-electron chi connectivity index (χ4n) is 2.26. The Hall–Kier alpha value is -1.97. The molecule has 130 valence electrons. The van der Waals surface area contributed by atoms with Crippen LogP contribution in [0.4, 0.5) is 0 Å². The van der Waals surface area contributed by atoms with Crippen LogP contribution >= 0.6 is 39.5 Å². The normalized spacial score (nSPS) is 10.6. The minimum Gasteiger partial charge on any atom is -0.362 e. The average Bonchev–Trinajstić information content (AvgIpc) is 3.16. The summed E-state index contributed by atoms with van der Waals surface area (Å²) in [5.74, 6) is -0.168. The predicted octanol–water partition coefficient (Wildman–Crippen LogP) is 2.88. The summed E-state index contributed by atoms with van der Waals surface area (Å²) < 4.78 is 2.97. The monoisotopic (exact) mass is 437 g/mol. The minimum atomic E-state index is -0.168. The lowest BCUT2D eigenvalue weighted by atomic mass is 10.2. The van der Waals surface area contributed by atoms with E-state index in [0.29, 0.717) is 11.7 Å². The molecule has 0 saturated heterocycles. The van der Waals surface area contributed by atoms with Crippen molar-refractivity contribution < 1.29 is 4.79 Å². The zero-order chi connectivity index (χ0) is 17.8. The second-order valence-electron chi connectivity index (χ2n) is 5.22. The van der Waals surface area contributed by atoms with Crippen molar-refractivity contribution in [2.45, 2.75) is 13.3 Å². The van der Waals surface area contributed by atoms with Crippen LogP contribution in [0, 0.1) is 0 Å². The number of benzene rings is 1. The van der Waals surface area contributed by atoms with E-state index in [9.17, 15) is 4.79 Å². The van der Waals surface area contributed by atoms with E-state index in [4.69, 9.17) is 12.2 Å². The van der Waals surface area contributed by atoms with Gasteiger partial charge in [0.05, 0.1) is 12.1 Å². The highest BCUT2D eigenvalue weighted by atomic mass is 79.9. The first-order valence-corrected chi connectivity index (χ1v) is 9.69. The van der Waals surface area contributed by atoms with Crippen LogP contribution in [-0.4, -0.2) is 26.9 Å². The van der Waals surface area contributed by atoms with E-state index in [0.717, 1.165) is 26.4 Å². The molecule has 1 aromatic carbocycles. The van der Waals surface area contributed by atoms with Gasteiger partial charge in [0, 0.05) is 33.9 Å². The van der Waals surface area contributed by atoms with Crippen LogP contribution < -0.4 is 16.2 Å². The molecular weight excluding hydrogens is 422 g/mol. The Kier molecular flexibility index (Phi) is 5.67. The van der Waals surface area contributed by atoms with Crippen LogP contribution in [0.1, 0.15) is 12.6 Å². The Morgan fingerprint density at radius 3 is 2.80 bits per heavy atom. The number of hydrogen-bond donors (Lipinski definition) is 3. The summed E-state index contributed by atoms with van der Waals surface area (Å²) >= 11 is 9.95. The van der Waals surface area contributed by atoms with Gasteiger partial charge in [-0.3, -0.25) is 20.0 Å². The molecule has 0 aliphatic heterocycles. The second-order valence-corrected chi connectivity index (χ2v) is 7.38. The number of carbonyl (C=O) groups is 1. The lowest BCUT2D eigenvalue weighted by Gasteiger charge is -2.09. The number of nitrogens with zero attached hydrogens (tertiary/aromatic N) is 2. The van der Waals surface area contributed by atoms with Gasteiger partial charge in [0.2, 0.25) is 5.91 Å². The summed E-state index contributed by atoms with van der Waals surface area (Å²) in [6.45, 7) is 2.63. The van der Waals surface area contributed by atoms with E-state index in [1.807, 2.05) is 47.2 Å². The molecule has 3 rings (SSSR count). The third-order valence-corrected chi connectivity index (χ3v) is 5.08. The van der Waals surface area contributed by atoms with Gasteiger partial charge in [0.1, 0.15) is 0 Å². The Morgan fingerprint density at radius 1 is 1.32 bits per heavy atom. The summed E-state index contributed by atoms with van der Waals surface area (Å²) in [5.41, 5.74) is 8.06. The van der Waals surface area contributed by atoms with Crippen molar-refractivity contribution in [3.63, 3.8) is 0 Å². The fraction of sp³-hybridized carbons (Fsp3) is 0.188. The number of halogens is 1. The standard InChI is InChI=1S/C16H16BrN5OS2/c1-2-18-15(24)21-20-14(23)7-12-9-25-16-19-13(8-22(12)16)10-3-5-11(17)6-4-10/h3-6,8-9H,2,7H2,1H3,(H,20,23)(H2,18,21,24). The number of thiocarbonyl (C=S) groups is 1. The number of aromatic nitrogens is 2. The van der Waals surface area contributed by atoms with Crippen LogP contribution in [-0.2, 0) is 11.2 Å². The predicted molar refractivity (Wildman–Crippen MR) is 107 cm³/mol. The quantitative estimate of drug-likeness (QED) is 0.432. The Balaban J connectivity index is 1.71. The summed E-state index contributed by atoms with van der Waals surface area (Å²) in [7, 11) is 0. The van der Waals surface area contributed by atoms with Crippen molar-refractivity contribution in [2.75, 3.05) is 6.54 Å². The van der Waals surface area contributed by atoms with Gasteiger partial charge in [-0.2, -0.15) is 0 Å². The number of thiazole rings is 1. The molecule has 1 amide bonds. The lowest BCUT2D eigenvalue weighted by Crippen LogP contribution is -2.47. The van der Waals surface area contributed by atoms with Crippen molar-refractivity contribution in [1.82, 2.24) is 25.6 Å². The molecule has 2 aromatic heterocycles. The number of fused-ring (bicyclic) bond motifs is 1. The van der Waals surface area contributed by atoms with E-state index < -0.39 is 0 Å². The third-order valence-electron chi connectivity index (χ3n) is 3.42. The highest BCUT2D eigenvalue weighted by molar-refractivity contribution is 9.10. The first-order chi connectivity index (χ1) is 12.1. The Labute approximate surface area is 162 Å². The number of nitrogens with one attached hydrogen (secondary N) is 3. The van der Waals surface area contributed by atoms with E-state index in [1.165, 1.54) is 11.3 Å². The maximum absolute atomic E-state index is 12.1. The molecule has 0 aliphatic rings. The van der Waals surface area contributed by atoms with Crippen LogP contribution in [0.15, 0.2) is 40.3 Å². The molecule has 6 nitrogen and oxygen atoms in total. The first kappa shape index (κ1) is 17.8. The number of hydrogen-bond acceptors (Lipinski definition) is 4. The van der Waals surface area contributed by atoms with Gasteiger partial charge in [-0.25, -0.2) is 4.98 Å². The van der Waals surface area contributed by atoms with Gasteiger partial charge < -0.3 is 5.32 Å². The largest absolute Gasteiger partial charge is 0.362 e. The molecule has 0 radical (unpaired) electrons. The topological polar surface area (TPSA) is 70.5 Å². The molecule has 0 bridgehead atoms. The van der Waals surface area contributed by atoms with Crippen LogP contribution in [0.2, 0.25) is 0 Å². The van der Waals surface area contributed by atoms with Gasteiger partial charge in [-0.05, 0) is 31.3 Å². The van der Waals surface area contributed by atoms with Gasteiger partial charge >= 0.3 is 0 Å². The van der Waals surface area contributed by atoms with Gasteiger partial charge in [-0.15, -0.1) is 11.3 Å². The molecule has 25 heavy (non-hydrogen) atoms. The van der Waals surface area contributed by atoms with Crippen molar-refractivity contribution in [3.8, 4) is 11.3 Å². The van der Waals surface area contributed by atoms with Crippen LogP contribution in [0.25, 0.3) is 16.2 Å². The van der Waals surface area contributed by atoms with E-state index >= 15 is 0 Å². The Bertz CT molecular complexity index is 903. The molecular formula is C16H16BrN5OS2. The minimum absolute atomic E-state index is 0.168. The zero-order valence-electron chi connectivity index (χ0n) is 13.4. The maximum Gasteiger partial charge on any atom is 0.244 e. The van der Waals surface area contributed by atoms with Gasteiger partial charge in [-0.1, -0.05) is 28.1 Å². The summed E-state index contributed by atoms with van der Waals surface area (Å²) in [5, 5.41) is 5.24. The van der Waals surface area contributed by atoms with Crippen LogP contribution in [0.5, 0.6) is 0 Å². The average molecular weight is 438 g/mol. The molecule has 0 unspecified atom stereocenters. The lowest BCUT2D eigenvalue weighted by molar-refractivity contribution is -0.121. The SMILES string of the molecule is CCNC(=S)NNC(=O)Cc1csc2nc(-c3ccc(Br)cc3)cn12. The number of amides is 1. The summed E-state index contributed by atoms with van der Waals surface area (Å²) in [6, 6.07) is 7.98. The molecule has 0 fully saturated rings. The van der Waals surface area contributed by atoms with E-state index in [1.54, 1.807) is 0 Å². The number of carbonyl (C=O) groups excluding carboxylic acids is 1. The van der Waals surface area contributed by atoms with Gasteiger partial charge in [0.15, 0.2) is 10.1 Å². The summed E-state index contributed by atoms with van der Waals surface area (Å²) in [4.78, 5) is 17.6. The molecule has 0 spiro atoms. The molecule has 0 saturated carbocycles. The van der Waals surface area contributed by atoms with Crippen molar-refractivity contribution >= 4 is 55.5 Å². The zero-order valence-corrected chi connectivity index (χ0v) is 16.6. The van der Waals surface area contributed by atoms with E-state index in [-0.39, 0.29) is 12.3 Å². The first-order valence-electron chi connectivity index (χ1n) is 7.61. The second kappa shape index (κ2) is 7.94. The Morgan fingerprint density at radius 2 is 2.08 bits per heavy atom. The molecule has 3 N–H and O–H groups in total. The number of rotatable bonds is 4. The highest BCUT2D eigenvalue weighted by Crippen LogP contribution is 2.25. The third kappa shape index (κ3) is 4.36. The summed E-state index contributed by atoms with van der Waals surface area (Å²) in [6.07, 6.45) is 2.19. The maximum atomic E-state index is 12.1. The van der Waals surface area contributed by atoms with Crippen LogP contribution in [0.3, 0.4) is 0 Å². The molecule has 0 aliphatic carbocycles.